The number of pyridine rings is 1. The molecule has 0 radical (unpaired) electrons. The van der Waals surface area contributed by atoms with Gasteiger partial charge in [0.15, 0.2) is 0 Å². The molecule has 1 aliphatic heterocycles. The van der Waals surface area contributed by atoms with Gasteiger partial charge in [-0.2, -0.15) is 0 Å². The smallest absolute Gasteiger partial charge is 0.224 e. The molecule has 104 valence electrons. The Labute approximate surface area is 115 Å². The molecule has 1 aromatic heterocycles. The second-order valence-corrected chi connectivity index (χ2v) is 5.47. The summed E-state index contributed by atoms with van der Waals surface area (Å²) >= 11 is 0. The average Bonchev–Trinajstić information content (AvgIpc) is 2.42. The molecule has 4 nitrogen and oxygen atoms in total. The van der Waals surface area contributed by atoms with E-state index in [0.717, 1.165) is 24.5 Å². The maximum Gasteiger partial charge on any atom is 0.224 e. The predicted molar refractivity (Wildman–Crippen MR) is 77.0 cm³/mol. The average molecular weight is 261 g/mol. The highest BCUT2D eigenvalue weighted by Gasteiger charge is 2.22. The zero-order valence-electron chi connectivity index (χ0n) is 11.8. The van der Waals surface area contributed by atoms with Gasteiger partial charge in [-0.25, -0.2) is 0 Å². The van der Waals surface area contributed by atoms with Gasteiger partial charge in [0.2, 0.25) is 5.91 Å². The largest absolute Gasteiger partial charge is 0.324 e. The van der Waals surface area contributed by atoms with Crippen LogP contribution in [0.4, 0.5) is 5.69 Å². The molecule has 4 heteroatoms. The number of carbonyl (C=O) groups excluding carboxylic acids is 1. The van der Waals surface area contributed by atoms with Crippen LogP contribution in [0.5, 0.6) is 0 Å². The molecule has 1 saturated heterocycles. The molecular weight excluding hydrogens is 238 g/mol. The normalized spacial score (nSPS) is 20.8. The quantitative estimate of drug-likeness (QED) is 0.874. The van der Waals surface area contributed by atoms with Crippen molar-refractivity contribution < 1.29 is 4.79 Å². The minimum absolute atomic E-state index is 0.0918. The number of aryl methyl sites for hydroxylation is 1. The number of rotatable bonds is 4. The Kier molecular flexibility index (Phi) is 4.91. The molecule has 1 amide bonds. The van der Waals surface area contributed by atoms with Crippen LogP contribution >= 0.6 is 0 Å². The monoisotopic (exact) mass is 261 g/mol. The summed E-state index contributed by atoms with van der Waals surface area (Å²) in [5.41, 5.74) is 1.68. The molecule has 0 saturated carbocycles. The van der Waals surface area contributed by atoms with Gasteiger partial charge in [-0.3, -0.25) is 9.78 Å². The van der Waals surface area contributed by atoms with Crippen LogP contribution in [0.1, 0.15) is 31.9 Å². The predicted octanol–water partition coefficient (Wildman–Crippen LogP) is 2.35. The summed E-state index contributed by atoms with van der Waals surface area (Å²) in [6.07, 6.45) is 4.77. The van der Waals surface area contributed by atoms with Crippen LogP contribution in [0.2, 0.25) is 0 Å². The van der Waals surface area contributed by atoms with Gasteiger partial charge in [0.25, 0.3) is 0 Å². The van der Waals surface area contributed by atoms with E-state index in [4.69, 9.17) is 0 Å². The fraction of sp³-hybridized carbons (Fsp3) is 0.600. The van der Waals surface area contributed by atoms with E-state index < -0.39 is 0 Å². The van der Waals surface area contributed by atoms with E-state index in [-0.39, 0.29) is 5.91 Å². The van der Waals surface area contributed by atoms with Gasteiger partial charge in [-0.15, -0.1) is 0 Å². The SMILES string of the molecule is Cc1ncccc1NC(=O)CC(C)C1CCCNC1. The zero-order valence-corrected chi connectivity index (χ0v) is 11.8. The van der Waals surface area contributed by atoms with Gasteiger partial charge >= 0.3 is 0 Å². The Morgan fingerprint density at radius 2 is 2.47 bits per heavy atom. The van der Waals surface area contributed by atoms with Gasteiger partial charge in [0.05, 0.1) is 11.4 Å². The highest BCUT2D eigenvalue weighted by atomic mass is 16.1. The molecule has 1 fully saturated rings. The summed E-state index contributed by atoms with van der Waals surface area (Å²) in [7, 11) is 0. The van der Waals surface area contributed by atoms with E-state index in [0.29, 0.717) is 18.3 Å². The molecule has 2 unspecified atom stereocenters. The summed E-state index contributed by atoms with van der Waals surface area (Å²) in [5.74, 6) is 1.13. The van der Waals surface area contributed by atoms with Crippen LogP contribution in [-0.2, 0) is 4.79 Å². The highest BCUT2D eigenvalue weighted by molar-refractivity contribution is 5.91. The van der Waals surface area contributed by atoms with Crippen molar-refractivity contribution in [2.75, 3.05) is 18.4 Å². The maximum atomic E-state index is 12.1. The van der Waals surface area contributed by atoms with Crippen molar-refractivity contribution in [2.24, 2.45) is 11.8 Å². The highest BCUT2D eigenvalue weighted by Crippen LogP contribution is 2.23. The number of nitrogens with zero attached hydrogens (tertiary/aromatic N) is 1. The first-order chi connectivity index (χ1) is 9.16. The van der Waals surface area contributed by atoms with Crippen LogP contribution in [0.25, 0.3) is 0 Å². The topological polar surface area (TPSA) is 54.0 Å². The van der Waals surface area contributed by atoms with Crippen LogP contribution < -0.4 is 10.6 Å². The first kappa shape index (κ1) is 14.0. The molecule has 1 aromatic rings. The van der Waals surface area contributed by atoms with E-state index in [1.165, 1.54) is 12.8 Å². The number of carbonyl (C=O) groups is 1. The van der Waals surface area contributed by atoms with Crippen molar-refractivity contribution in [3.63, 3.8) is 0 Å². The van der Waals surface area contributed by atoms with Gasteiger partial charge in [0.1, 0.15) is 0 Å². The van der Waals surface area contributed by atoms with E-state index in [9.17, 15) is 4.79 Å². The Morgan fingerprint density at radius 3 is 3.16 bits per heavy atom. The van der Waals surface area contributed by atoms with E-state index >= 15 is 0 Å². The lowest BCUT2D eigenvalue weighted by molar-refractivity contribution is -0.117. The number of piperidine rings is 1. The van der Waals surface area contributed by atoms with E-state index in [1.807, 2.05) is 19.1 Å². The zero-order chi connectivity index (χ0) is 13.7. The Bertz CT molecular complexity index is 427. The van der Waals surface area contributed by atoms with Gasteiger partial charge in [-0.1, -0.05) is 6.92 Å². The molecule has 0 aromatic carbocycles. The molecule has 0 bridgehead atoms. The second-order valence-electron chi connectivity index (χ2n) is 5.47. The summed E-state index contributed by atoms with van der Waals surface area (Å²) in [6, 6.07) is 3.74. The van der Waals surface area contributed by atoms with Crippen molar-refractivity contribution in [3.8, 4) is 0 Å². The Hall–Kier alpha value is -1.42. The van der Waals surface area contributed by atoms with Crippen LogP contribution in [-0.4, -0.2) is 24.0 Å². The fourth-order valence-corrected chi connectivity index (χ4v) is 2.64. The van der Waals surface area contributed by atoms with Crippen LogP contribution in [0, 0.1) is 18.8 Å². The molecule has 0 spiro atoms. The second kappa shape index (κ2) is 6.66. The standard InChI is InChI=1S/C15H23N3O/c1-11(13-5-3-7-16-10-13)9-15(19)18-14-6-4-8-17-12(14)2/h4,6,8,11,13,16H,3,5,7,9-10H2,1-2H3,(H,18,19). The third-order valence-corrected chi connectivity index (χ3v) is 3.93. The molecular formula is C15H23N3O. The number of hydrogen-bond acceptors (Lipinski definition) is 3. The minimum atomic E-state index is 0.0918. The van der Waals surface area contributed by atoms with Crippen molar-refractivity contribution in [1.82, 2.24) is 10.3 Å². The van der Waals surface area contributed by atoms with Crippen LogP contribution in [0.15, 0.2) is 18.3 Å². The molecule has 2 heterocycles. The molecule has 2 atom stereocenters. The Morgan fingerprint density at radius 1 is 1.63 bits per heavy atom. The summed E-state index contributed by atoms with van der Waals surface area (Å²) < 4.78 is 0. The number of hydrogen-bond donors (Lipinski definition) is 2. The third kappa shape index (κ3) is 4.03. The minimum Gasteiger partial charge on any atom is -0.324 e. The molecule has 2 rings (SSSR count). The summed E-state index contributed by atoms with van der Waals surface area (Å²) in [4.78, 5) is 16.2. The lowest BCUT2D eigenvalue weighted by atomic mass is 9.85. The van der Waals surface area contributed by atoms with Crippen molar-refractivity contribution >= 4 is 11.6 Å². The maximum absolute atomic E-state index is 12.1. The lowest BCUT2D eigenvalue weighted by Crippen LogP contribution is -2.34. The van der Waals surface area contributed by atoms with Gasteiger partial charge in [0, 0.05) is 12.6 Å². The molecule has 1 aliphatic rings. The number of aromatic nitrogens is 1. The summed E-state index contributed by atoms with van der Waals surface area (Å²) in [5, 5.41) is 6.36. The lowest BCUT2D eigenvalue weighted by Gasteiger charge is -2.28. The van der Waals surface area contributed by atoms with Crippen molar-refractivity contribution in [2.45, 2.75) is 33.1 Å². The molecule has 0 aliphatic carbocycles. The van der Waals surface area contributed by atoms with Crippen LogP contribution in [0.3, 0.4) is 0 Å². The number of nitrogens with one attached hydrogen (secondary N) is 2. The third-order valence-electron chi connectivity index (χ3n) is 3.93. The van der Waals surface area contributed by atoms with Crippen molar-refractivity contribution in [3.05, 3.63) is 24.0 Å². The first-order valence-electron chi connectivity index (χ1n) is 7.09. The fourth-order valence-electron chi connectivity index (χ4n) is 2.64. The van der Waals surface area contributed by atoms with E-state index in [2.05, 4.69) is 22.5 Å². The summed E-state index contributed by atoms with van der Waals surface area (Å²) in [6.45, 7) is 6.24. The number of amides is 1. The molecule has 19 heavy (non-hydrogen) atoms. The first-order valence-corrected chi connectivity index (χ1v) is 7.09. The van der Waals surface area contributed by atoms with E-state index in [1.54, 1.807) is 6.20 Å². The van der Waals surface area contributed by atoms with Gasteiger partial charge in [-0.05, 0) is 56.8 Å². The number of anilines is 1. The Balaban J connectivity index is 1.85. The van der Waals surface area contributed by atoms with Gasteiger partial charge < -0.3 is 10.6 Å². The van der Waals surface area contributed by atoms with Crippen molar-refractivity contribution in [1.29, 1.82) is 0 Å². The molecule has 2 N–H and O–H groups in total.